The van der Waals surface area contributed by atoms with Crippen molar-refractivity contribution in [2.24, 2.45) is 0 Å². The van der Waals surface area contributed by atoms with Crippen molar-refractivity contribution < 1.29 is 4.42 Å². The monoisotopic (exact) mass is 274 g/mol. The van der Waals surface area contributed by atoms with Crippen molar-refractivity contribution in [2.45, 2.75) is 19.4 Å². The fourth-order valence-corrected chi connectivity index (χ4v) is 2.97. The molecule has 0 saturated heterocycles. The molecule has 1 aromatic carbocycles. The van der Waals surface area contributed by atoms with Crippen LogP contribution in [0, 0.1) is 0 Å². The molecule has 0 radical (unpaired) electrons. The fourth-order valence-electron chi connectivity index (χ4n) is 2.11. The number of thiophene rings is 1. The first-order valence-corrected chi connectivity index (χ1v) is 7.07. The SMILES string of the molecule is CCC(Nc1ccc2oc(=O)[nH]c2c1)c1cccs1. The Kier molecular flexibility index (Phi) is 3.13. The fraction of sp³-hybridized carbons (Fsp3) is 0.214. The maximum absolute atomic E-state index is 11.1. The average molecular weight is 274 g/mol. The zero-order valence-electron chi connectivity index (χ0n) is 10.5. The van der Waals surface area contributed by atoms with Crippen molar-refractivity contribution in [1.82, 2.24) is 4.98 Å². The zero-order valence-corrected chi connectivity index (χ0v) is 11.3. The Balaban J connectivity index is 1.89. The molecule has 5 heteroatoms. The molecule has 3 rings (SSSR count). The minimum atomic E-state index is -0.419. The molecule has 0 aliphatic rings. The van der Waals surface area contributed by atoms with Gasteiger partial charge in [-0.2, -0.15) is 0 Å². The molecule has 2 N–H and O–H groups in total. The number of benzene rings is 1. The van der Waals surface area contributed by atoms with E-state index in [4.69, 9.17) is 4.42 Å². The number of rotatable bonds is 4. The predicted molar refractivity (Wildman–Crippen MR) is 77.8 cm³/mol. The number of aromatic amines is 1. The highest BCUT2D eigenvalue weighted by Gasteiger charge is 2.10. The van der Waals surface area contributed by atoms with E-state index in [9.17, 15) is 4.79 Å². The number of H-pyrrole nitrogens is 1. The number of aromatic nitrogens is 1. The maximum Gasteiger partial charge on any atom is 0.417 e. The molecule has 1 unspecified atom stereocenters. The minimum absolute atomic E-state index is 0.288. The lowest BCUT2D eigenvalue weighted by atomic mass is 10.1. The van der Waals surface area contributed by atoms with Crippen LogP contribution in [0.25, 0.3) is 11.1 Å². The van der Waals surface area contributed by atoms with E-state index in [1.165, 1.54) is 4.88 Å². The summed E-state index contributed by atoms with van der Waals surface area (Å²) in [7, 11) is 0. The summed E-state index contributed by atoms with van der Waals surface area (Å²) in [5, 5.41) is 5.56. The van der Waals surface area contributed by atoms with Gasteiger partial charge in [-0.15, -0.1) is 11.3 Å². The van der Waals surface area contributed by atoms with Crippen LogP contribution < -0.4 is 11.1 Å². The Morgan fingerprint density at radius 1 is 1.42 bits per heavy atom. The molecule has 19 heavy (non-hydrogen) atoms. The predicted octanol–water partition coefficient (Wildman–Crippen LogP) is 3.75. The van der Waals surface area contributed by atoms with Crippen LogP contribution in [0.15, 0.2) is 44.9 Å². The molecule has 0 bridgehead atoms. The second-order valence-corrected chi connectivity index (χ2v) is 5.33. The van der Waals surface area contributed by atoms with Gasteiger partial charge in [0, 0.05) is 10.6 Å². The third-order valence-corrected chi connectivity index (χ3v) is 4.04. The smallest absolute Gasteiger partial charge is 0.408 e. The summed E-state index contributed by atoms with van der Waals surface area (Å²) < 4.78 is 4.99. The Morgan fingerprint density at radius 3 is 3.05 bits per heavy atom. The van der Waals surface area contributed by atoms with Crippen LogP contribution in [0.1, 0.15) is 24.3 Å². The van der Waals surface area contributed by atoms with E-state index in [0.29, 0.717) is 5.58 Å². The summed E-state index contributed by atoms with van der Waals surface area (Å²) in [5.41, 5.74) is 2.28. The number of fused-ring (bicyclic) bond motifs is 1. The van der Waals surface area contributed by atoms with Gasteiger partial charge in [0.25, 0.3) is 0 Å². The number of nitrogens with one attached hydrogen (secondary N) is 2. The van der Waals surface area contributed by atoms with Crippen molar-refractivity contribution in [3.8, 4) is 0 Å². The van der Waals surface area contributed by atoms with Crippen molar-refractivity contribution in [1.29, 1.82) is 0 Å². The second kappa shape index (κ2) is 4.93. The largest absolute Gasteiger partial charge is 0.417 e. The standard InChI is InChI=1S/C14H14N2O2S/c1-2-10(13-4-3-7-19-13)15-9-5-6-12-11(8-9)16-14(17)18-12/h3-8,10,15H,2H2,1H3,(H,16,17). The third kappa shape index (κ3) is 2.42. The van der Waals surface area contributed by atoms with E-state index in [1.54, 1.807) is 17.4 Å². The average Bonchev–Trinajstić information content (AvgIpc) is 3.03. The third-order valence-electron chi connectivity index (χ3n) is 3.05. The molecule has 0 fully saturated rings. The van der Waals surface area contributed by atoms with Gasteiger partial charge in [0.05, 0.1) is 11.6 Å². The van der Waals surface area contributed by atoms with Crippen molar-refractivity contribution in [3.05, 3.63) is 51.1 Å². The van der Waals surface area contributed by atoms with E-state index in [1.807, 2.05) is 12.1 Å². The lowest BCUT2D eigenvalue weighted by Gasteiger charge is -2.16. The molecule has 0 aliphatic heterocycles. The molecular weight excluding hydrogens is 260 g/mol. The van der Waals surface area contributed by atoms with Gasteiger partial charge in [0.1, 0.15) is 0 Å². The number of hydrogen-bond acceptors (Lipinski definition) is 4. The topological polar surface area (TPSA) is 58.0 Å². The van der Waals surface area contributed by atoms with Crippen molar-refractivity contribution in [2.75, 3.05) is 5.32 Å². The van der Waals surface area contributed by atoms with Crippen LogP contribution in [0.2, 0.25) is 0 Å². The number of hydrogen-bond donors (Lipinski definition) is 2. The number of oxazole rings is 1. The molecule has 1 atom stereocenters. The molecule has 2 heterocycles. The Morgan fingerprint density at radius 2 is 2.32 bits per heavy atom. The van der Waals surface area contributed by atoms with E-state index in [0.717, 1.165) is 17.6 Å². The van der Waals surface area contributed by atoms with Crippen molar-refractivity contribution >= 4 is 28.1 Å². The summed E-state index contributed by atoms with van der Waals surface area (Å²) in [4.78, 5) is 15.1. The Labute approximate surface area is 114 Å². The van der Waals surface area contributed by atoms with Crippen LogP contribution in [-0.2, 0) is 0 Å². The summed E-state index contributed by atoms with van der Waals surface area (Å²) in [5.74, 6) is -0.419. The molecule has 98 valence electrons. The van der Waals surface area contributed by atoms with Crippen LogP contribution in [0.4, 0.5) is 5.69 Å². The van der Waals surface area contributed by atoms with Crippen LogP contribution in [0.5, 0.6) is 0 Å². The second-order valence-electron chi connectivity index (χ2n) is 4.35. The first-order valence-electron chi connectivity index (χ1n) is 6.19. The van der Waals surface area contributed by atoms with Crippen molar-refractivity contribution in [3.63, 3.8) is 0 Å². The van der Waals surface area contributed by atoms with Gasteiger partial charge in [-0.1, -0.05) is 13.0 Å². The van der Waals surface area contributed by atoms with Gasteiger partial charge < -0.3 is 9.73 Å². The molecule has 3 aromatic rings. The normalized spacial score (nSPS) is 12.7. The first-order chi connectivity index (χ1) is 9.26. The molecule has 0 amide bonds. The van der Waals surface area contributed by atoms with Gasteiger partial charge in [0.2, 0.25) is 0 Å². The summed E-state index contributed by atoms with van der Waals surface area (Å²) in [6.45, 7) is 2.15. The van der Waals surface area contributed by atoms with Gasteiger partial charge in [-0.3, -0.25) is 4.98 Å². The summed E-state index contributed by atoms with van der Waals surface area (Å²) in [6.07, 6.45) is 1.00. The summed E-state index contributed by atoms with van der Waals surface area (Å²) >= 11 is 1.74. The summed E-state index contributed by atoms with van der Waals surface area (Å²) in [6, 6.07) is 10.1. The highest BCUT2D eigenvalue weighted by atomic mass is 32.1. The highest BCUT2D eigenvalue weighted by Crippen LogP contribution is 2.27. The lowest BCUT2D eigenvalue weighted by Crippen LogP contribution is -2.07. The Bertz CT molecular complexity index is 727. The van der Waals surface area contributed by atoms with Crippen LogP contribution in [0.3, 0.4) is 0 Å². The molecular formula is C14H14N2O2S. The molecule has 0 spiro atoms. The molecule has 0 aliphatic carbocycles. The van der Waals surface area contributed by atoms with Gasteiger partial charge in [-0.25, -0.2) is 4.79 Å². The van der Waals surface area contributed by atoms with E-state index in [-0.39, 0.29) is 6.04 Å². The number of anilines is 1. The van der Waals surface area contributed by atoms with E-state index in [2.05, 4.69) is 34.7 Å². The lowest BCUT2D eigenvalue weighted by molar-refractivity contribution is 0.555. The maximum atomic E-state index is 11.1. The quantitative estimate of drug-likeness (QED) is 0.762. The van der Waals surface area contributed by atoms with Gasteiger partial charge in [0.15, 0.2) is 5.58 Å². The molecule has 2 aromatic heterocycles. The molecule has 4 nitrogen and oxygen atoms in total. The van der Waals surface area contributed by atoms with E-state index >= 15 is 0 Å². The van der Waals surface area contributed by atoms with Gasteiger partial charge in [-0.05, 0) is 36.1 Å². The highest BCUT2D eigenvalue weighted by molar-refractivity contribution is 7.10. The minimum Gasteiger partial charge on any atom is -0.408 e. The van der Waals surface area contributed by atoms with Crippen LogP contribution in [-0.4, -0.2) is 4.98 Å². The van der Waals surface area contributed by atoms with Gasteiger partial charge >= 0.3 is 5.76 Å². The zero-order chi connectivity index (χ0) is 13.2. The van der Waals surface area contributed by atoms with E-state index < -0.39 is 5.76 Å². The Hall–Kier alpha value is -2.01. The van der Waals surface area contributed by atoms with Crippen LogP contribution >= 0.6 is 11.3 Å². The molecule has 0 saturated carbocycles. The first kappa shape index (κ1) is 12.0.